The molecule has 0 amide bonds. The standard InChI is InChI=1S/C16H28O/c1-3-5-7-9-11-13-15-16(17)14-12-10-8-6-4-2/h5-8H,3-4,9-15H2,1-2H3/b7-5-,8-6-. The summed E-state index contributed by atoms with van der Waals surface area (Å²) in [5.74, 6) is 0.439. The lowest BCUT2D eigenvalue weighted by Gasteiger charge is -1.99. The average Bonchev–Trinajstić information content (AvgIpc) is 2.33. The predicted molar refractivity (Wildman–Crippen MR) is 76.2 cm³/mol. The lowest BCUT2D eigenvalue weighted by molar-refractivity contribution is -0.119. The minimum Gasteiger partial charge on any atom is -0.300 e. The van der Waals surface area contributed by atoms with Crippen LogP contribution in [0.4, 0.5) is 0 Å². The first-order valence-corrected chi connectivity index (χ1v) is 7.13. The number of carbonyl (C=O) groups excluding carboxylic acids is 1. The highest BCUT2D eigenvalue weighted by Crippen LogP contribution is 2.06. The van der Waals surface area contributed by atoms with E-state index in [4.69, 9.17) is 0 Å². The number of hydrogen-bond acceptors (Lipinski definition) is 1. The fourth-order valence-corrected chi connectivity index (χ4v) is 1.70. The lowest BCUT2D eigenvalue weighted by atomic mass is 10.1. The minimum atomic E-state index is 0.439. The molecule has 0 unspecified atom stereocenters. The summed E-state index contributed by atoms with van der Waals surface area (Å²) < 4.78 is 0. The summed E-state index contributed by atoms with van der Waals surface area (Å²) in [7, 11) is 0. The molecule has 0 saturated heterocycles. The van der Waals surface area contributed by atoms with E-state index < -0.39 is 0 Å². The summed E-state index contributed by atoms with van der Waals surface area (Å²) in [4.78, 5) is 11.5. The van der Waals surface area contributed by atoms with E-state index in [1.54, 1.807) is 0 Å². The van der Waals surface area contributed by atoms with Crippen molar-refractivity contribution in [1.29, 1.82) is 0 Å². The van der Waals surface area contributed by atoms with Crippen LogP contribution in [0.25, 0.3) is 0 Å². The maximum absolute atomic E-state index is 11.5. The van der Waals surface area contributed by atoms with Gasteiger partial charge in [0.25, 0.3) is 0 Å². The summed E-state index contributed by atoms with van der Waals surface area (Å²) in [6.45, 7) is 4.28. The molecule has 98 valence electrons. The van der Waals surface area contributed by atoms with Gasteiger partial charge in [0.1, 0.15) is 5.78 Å². The first-order chi connectivity index (χ1) is 8.31. The van der Waals surface area contributed by atoms with Gasteiger partial charge < -0.3 is 0 Å². The quantitative estimate of drug-likeness (QED) is 0.355. The van der Waals surface area contributed by atoms with Gasteiger partial charge in [-0.1, -0.05) is 38.2 Å². The molecule has 0 heterocycles. The maximum Gasteiger partial charge on any atom is 0.132 e. The van der Waals surface area contributed by atoms with Crippen molar-refractivity contribution in [3.63, 3.8) is 0 Å². The Balaban J connectivity index is 3.29. The van der Waals surface area contributed by atoms with E-state index in [9.17, 15) is 4.79 Å². The number of carbonyl (C=O) groups is 1. The van der Waals surface area contributed by atoms with Crippen LogP contribution in [-0.4, -0.2) is 5.78 Å². The van der Waals surface area contributed by atoms with E-state index in [0.29, 0.717) is 5.78 Å². The van der Waals surface area contributed by atoms with Crippen LogP contribution in [0.2, 0.25) is 0 Å². The monoisotopic (exact) mass is 236 g/mol. The lowest BCUT2D eigenvalue weighted by Crippen LogP contribution is -1.96. The average molecular weight is 236 g/mol. The summed E-state index contributed by atoms with van der Waals surface area (Å²) in [6.07, 6.45) is 17.9. The second-order valence-corrected chi connectivity index (χ2v) is 4.44. The molecule has 1 heteroatoms. The largest absolute Gasteiger partial charge is 0.300 e. The van der Waals surface area contributed by atoms with Gasteiger partial charge in [0.05, 0.1) is 0 Å². The van der Waals surface area contributed by atoms with E-state index >= 15 is 0 Å². The number of allylic oxidation sites excluding steroid dienone is 4. The third kappa shape index (κ3) is 13.1. The Labute approximate surface area is 107 Å². The first-order valence-electron chi connectivity index (χ1n) is 7.13. The summed E-state index contributed by atoms with van der Waals surface area (Å²) in [5, 5.41) is 0. The predicted octanol–water partition coefficient (Wildman–Crippen LogP) is 5.22. The Morgan fingerprint density at radius 3 is 1.88 bits per heavy atom. The van der Waals surface area contributed by atoms with Gasteiger partial charge in [0.15, 0.2) is 0 Å². The second kappa shape index (κ2) is 13.2. The SMILES string of the molecule is CC/C=C\CCCCC(=O)CCC/C=C\CC. The van der Waals surface area contributed by atoms with Gasteiger partial charge >= 0.3 is 0 Å². The van der Waals surface area contributed by atoms with E-state index in [1.165, 1.54) is 0 Å². The second-order valence-electron chi connectivity index (χ2n) is 4.44. The van der Waals surface area contributed by atoms with Crippen molar-refractivity contribution in [1.82, 2.24) is 0 Å². The van der Waals surface area contributed by atoms with Crippen molar-refractivity contribution in [3.05, 3.63) is 24.3 Å². The third-order valence-corrected chi connectivity index (χ3v) is 2.71. The molecular weight excluding hydrogens is 208 g/mol. The third-order valence-electron chi connectivity index (χ3n) is 2.71. The van der Waals surface area contributed by atoms with Crippen molar-refractivity contribution in [2.45, 2.75) is 71.6 Å². The van der Waals surface area contributed by atoms with Crippen LogP contribution in [0.3, 0.4) is 0 Å². The molecule has 0 atom stereocenters. The van der Waals surface area contributed by atoms with Crippen molar-refractivity contribution in [2.75, 3.05) is 0 Å². The van der Waals surface area contributed by atoms with E-state index in [2.05, 4.69) is 38.2 Å². The number of unbranched alkanes of at least 4 members (excludes halogenated alkanes) is 3. The Hall–Kier alpha value is -0.850. The number of hydrogen-bond donors (Lipinski definition) is 0. The highest BCUT2D eigenvalue weighted by molar-refractivity contribution is 5.78. The highest BCUT2D eigenvalue weighted by Gasteiger charge is 2.00. The van der Waals surface area contributed by atoms with Gasteiger partial charge in [0.2, 0.25) is 0 Å². The van der Waals surface area contributed by atoms with Crippen LogP contribution in [0, 0.1) is 0 Å². The molecule has 0 aliphatic heterocycles. The van der Waals surface area contributed by atoms with Crippen LogP contribution < -0.4 is 0 Å². The van der Waals surface area contributed by atoms with Gasteiger partial charge in [-0.3, -0.25) is 4.79 Å². The van der Waals surface area contributed by atoms with Crippen LogP contribution >= 0.6 is 0 Å². The van der Waals surface area contributed by atoms with Crippen LogP contribution in [0.15, 0.2) is 24.3 Å². The van der Waals surface area contributed by atoms with E-state index in [1.807, 2.05) is 0 Å². The number of rotatable bonds is 11. The Morgan fingerprint density at radius 1 is 0.765 bits per heavy atom. The topological polar surface area (TPSA) is 17.1 Å². The molecule has 17 heavy (non-hydrogen) atoms. The molecule has 0 N–H and O–H groups in total. The maximum atomic E-state index is 11.5. The fourth-order valence-electron chi connectivity index (χ4n) is 1.70. The molecule has 0 rings (SSSR count). The Morgan fingerprint density at radius 2 is 1.29 bits per heavy atom. The normalized spacial score (nSPS) is 11.6. The molecule has 0 spiro atoms. The smallest absolute Gasteiger partial charge is 0.132 e. The molecule has 0 aromatic heterocycles. The molecule has 0 aliphatic rings. The molecule has 0 fully saturated rings. The van der Waals surface area contributed by atoms with Crippen molar-refractivity contribution < 1.29 is 4.79 Å². The van der Waals surface area contributed by atoms with Crippen molar-refractivity contribution >= 4 is 5.78 Å². The van der Waals surface area contributed by atoms with Gasteiger partial charge in [-0.05, 0) is 44.9 Å². The zero-order valence-electron chi connectivity index (χ0n) is 11.6. The molecule has 0 aromatic carbocycles. The van der Waals surface area contributed by atoms with E-state index in [0.717, 1.165) is 57.8 Å². The molecule has 0 bridgehead atoms. The Kier molecular flexibility index (Phi) is 12.6. The van der Waals surface area contributed by atoms with Crippen LogP contribution in [0.5, 0.6) is 0 Å². The van der Waals surface area contributed by atoms with Gasteiger partial charge in [0, 0.05) is 12.8 Å². The molecule has 0 radical (unpaired) electrons. The zero-order valence-corrected chi connectivity index (χ0v) is 11.6. The first kappa shape index (κ1) is 16.1. The van der Waals surface area contributed by atoms with E-state index in [-0.39, 0.29) is 0 Å². The van der Waals surface area contributed by atoms with Crippen LogP contribution in [-0.2, 0) is 4.79 Å². The molecule has 0 saturated carbocycles. The Bertz CT molecular complexity index is 226. The zero-order chi connectivity index (χ0) is 12.8. The van der Waals surface area contributed by atoms with Gasteiger partial charge in [-0.2, -0.15) is 0 Å². The summed E-state index contributed by atoms with van der Waals surface area (Å²) in [5.41, 5.74) is 0. The molecule has 0 aromatic rings. The van der Waals surface area contributed by atoms with Crippen molar-refractivity contribution in [2.24, 2.45) is 0 Å². The van der Waals surface area contributed by atoms with Gasteiger partial charge in [-0.25, -0.2) is 0 Å². The van der Waals surface area contributed by atoms with Crippen molar-refractivity contribution in [3.8, 4) is 0 Å². The van der Waals surface area contributed by atoms with Crippen LogP contribution in [0.1, 0.15) is 71.6 Å². The highest BCUT2D eigenvalue weighted by atomic mass is 16.1. The molecule has 0 aliphatic carbocycles. The van der Waals surface area contributed by atoms with Gasteiger partial charge in [-0.15, -0.1) is 0 Å². The molecule has 1 nitrogen and oxygen atoms in total. The number of ketones is 1. The number of Topliss-reactive ketones (excluding diaryl/α,β-unsaturated/α-hetero) is 1. The minimum absolute atomic E-state index is 0.439. The summed E-state index contributed by atoms with van der Waals surface area (Å²) >= 11 is 0. The fraction of sp³-hybridized carbons (Fsp3) is 0.688. The summed E-state index contributed by atoms with van der Waals surface area (Å²) in [6, 6.07) is 0. The molecular formula is C16H28O.